The Hall–Kier alpha value is -5.58. The van der Waals surface area contributed by atoms with Gasteiger partial charge in [-0.25, -0.2) is 9.97 Å². The van der Waals surface area contributed by atoms with E-state index >= 15 is 0 Å². The van der Waals surface area contributed by atoms with E-state index in [-0.39, 0.29) is 5.41 Å². The van der Waals surface area contributed by atoms with Gasteiger partial charge in [0.2, 0.25) is 0 Å². The molecule has 0 amide bonds. The van der Waals surface area contributed by atoms with Crippen molar-refractivity contribution >= 4 is 40.3 Å². The van der Waals surface area contributed by atoms with Crippen LogP contribution in [0.25, 0.3) is 72.5 Å². The van der Waals surface area contributed by atoms with Crippen molar-refractivity contribution in [2.75, 3.05) is 0 Å². The predicted molar refractivity (Wildman–Crippen MR) is 207 cm³/mol. The van der Waals surface area contributed by atoms with Gasteiger partial charge >= 0.3 is 0 Å². The minimum atomic E-state index is -2.25. The first kappa shape index (κ1) is 28.4. The zero-order valence-electron chi connectivity index (χ0n) is 28.1. The van der Waals surface area contributed by atoms with E-state index in [1.165, 1.54) is 65.7 Å². The molecule has 0 saturated heterocycles. The minimum Gasteiger partial charge on any atom is -0.309 e. The standard InChI is InChI=1S/C45H35N3Si/c1-45(2)35-21-13-11-20-33(35)39-36(45)26-25-32-31-19-12-14-22-37(31)48(42(32)39)30-23-24-34-38(27-30)49(3,4)43-40(28-15-7-5-8-16-28)46-44(47-41(34)43)29-17-9-6-10-18-29/h5-27H,1-4H3. The van der Waals surface area contributed by atoms with Crippen LogP contribution in [0.3, 0.4) is 0 Å². The van der Waals surface area contributed by atoms with Crippen molar-refractivity contribution < 1.29 is 0 Å². The van der Waals surface area contributed by atoms with Crippen LogP contribution in [0.15, 0.2) is 140 Å². The fourth-order valence-corrected chi connectivity index (χ4v) is 12.0. The van der Waals surface area contributed by atoms with Crippen LogP contribution >= 0.6 is 0 Å². The Morgan fingerprint density at radius 2 is 1.24 bits per heavy atom. The molecule has 0 bridgehead atoms. The largest absolute Gasteiger partial charge is 0.309 e. The smallest absolute Gasteiger partial charge is 0.160 e. The number of aromatic nitrogens is 3. The highest BCUT2D eigenvalue weighted by Gasteiger charge is 2.43. The first-order valence-electron chi connectivity index (χ1n) is 17.2. The van der Waals surface area contributed by atoms with Gasteiger partial charge in [0.05, 0.1) is 22.4 Å². The summed E-state index contributed by atoms with van der Waals surface area (Å²) < 4.78 is 2.54. The number of para-hydroxylation sites is 1. The van der Waals surface area contributed by atoms with E-state index in [1.54, 1.807) is 0 Å². The van der Waals surface area contributed by atoms with E-state index in [9.17, 15) is 0 Å². The average molecular weight is 646 g/mol. The highest BCUT2D eigenvalue weighted by atomic mass is 28.3. The van der Waals surface area contributed by atoms with Gasteiger partial charge < -0.3 is 4.57 Å². The van der Waals surface area contributed by atoms with Crippen molar-refractivity contribution in [3.63, 3.8) is 0 Å². The Bertz CT molecular complexity index is 2650. The fourth-order valence-electron chi connectivity index (χ4n) is 8.81. The highest BCUT2D eigenvalue weighted by Crippen LogP contribution is 2.53. The maximum Gasteiger partial charge on any atom is 0.160 e. The van der Waals surface area contributed by atoms with Gasteiger partial charge in [-0.15, -0.1) is 0 Å². The van der Waals surface area contributed by atoms with Gasteiger partial charge in [0.25, 0.3) is 0 Å². The Morgan fingerprint density at radius 1 is 0.571 bits per heavy atom. The second kappa shape index (κ2) is 9.97. The lowest BCUT2D eigenvalue weighted by Gasteiger charge is -2.22. The summed E-state index contributed by atoms with van der Waals surface area (Å²) in [5, 5.41) is 5.32. The summed E-state index contributed by atoms with van der Waals surface area (Å²) in [5.74, 6) is 0.777. The quantitative estimate of drug-likeness (QED) is 0.179. The van der Waals surface area contributed by atoms with Gasteiger partial charge in [-0.2, -0.15) is 0 Å². The SMILES string of the molecule is CC1(C)c2ccccc2-c2c1ccc1c3ccccc3n(-c3ccc4c(c3)[Si](C)(C)c3c(-c5ccccc5)nc(-c5ccccc5)nc3-4)c21. The molecular formula is C45H35N3Si. The molecular weight excluding hydrogens is 611 g/mol. The average Bonchev–Trinajstić information content (AvgIpc) is 3.69. The first-order chi connectivity index (χ1) is 23.8. The zero-order valence-corrected chi connectivity index (χ0v) is 29.1. The lowest BCUT2D eigenvalue weighted by molar-refractivity contribution is 0.661. The predicted octanol–water partition coefficient (Wildman–Crippen LogP) is 10.0. The molecule has 2 aromatic heterocycles. The van der Waals surface area contributed by atoms with Crippen LogP contribution in [0, 0.1) is 0 Å². The molecule has 2 aliphatic rings. The second-order valence-corrected chi connectivity index (χ2v) is 18.9. The Morgan fingerprint density at radius 3 is 2.04 bits per heavy atom. The van der Waals surface area contributed by atoms with E-state index in [4.69, 9.17) is 9.97 Å². The zero-order chi connectivity index (χ0) is 33.1. The minimum absolute atomic E-state index is 0.0706. The Labute approximate surface area is 287 Å². The molecule has 0 spiro atoms. The van der Waals surface area contributed by atoms with Crippen LogP contribution < -0.4 is 10.4 Å². The van der Waals surface area contributed by atoms with Crippen molar-refractivity contribution in [1.82, 2.24) is 14.5 Å². The molecule has 0 radical (unpaired) electrons. The molecule has 1 aliphatic heterocycles. The van der Waals surface area contributed by atoms with E-state index in [1.807, 2.05) is 6.07 Å². The monoisotopic (exact) mass is 645 g/mol. The van der Waals surface area contributed by atoms with Gasteiger partial charge in [-0.3, -0.25) is 0 Å². The number of nitrogens with zero attached hydrogens (tertiary/aromatic N) is 3. The van der Waals surface area contributed by atoms with Crippen LogP contribution in [-0.2, 0) is 5.41 Å². The van der Waals surface area contributed by atoms with Crippen LogP contribution in [0.4, 0.5) is 0 Å². The second-order valence-electron chi connectivity index (χ2n) is 14.6. The molecule has 3 nitrogen and oxygen atoms in total. The summed E-state index contributed by atoms with van der Waals surface area (Å²) >= 11 is 0. The van der Waals surface area contributed by atoms with Crippen LogP contribution in [0.1, 0.15) is 25.0 Å². The van der Waals surface area contributed by atoms with E-state index < -0.39 is 8.07 Å². The topological polar surface area (TPSA) is 30.7 Å². The molecule has 0 atom stereocenters. The van der Waals surface area contributed by atoms with Crippen molar-refractivity contribution in [3.8, 4) is 50.7 Å². The summed E-state index contributed by atoms with van der Waals surface area (Å²) in [4.78, 5) is 10.7. The summed E-state index contributed by atoms with van der Waals surface area (Å²) in [6.45, 7) is 9.68. The molecule has 0 unspecified atom stereocenters. The lowest BCUT2D eigenvalue weighted by atomic mass is 9.82. The maximum atomic E-state index is 5.34. The molecule has 4 heteroatoms. The molecule has 3 heterocycles. The van der Waals surface area contributed by atoms with Gasteiger partial charge in [0.1, 0.15) is 8.07 Å². The number of rotatable bonds is 3. The summed E-state index contributed by atoms with van der Waals surface area (Å²) in [7, 11) is -2.25. The summed E-state index contributed by atoms with van der Waals surface area (Å²) in [6, 6.07) is 50.8. The van der Waals surface area contributed by atoms with Gasteiger partial charge in [0.15, 0.2) is 5.82 Å². The molecule has 10 rings (SSSR count). The van der Waals surface area contributed by atoms with E-state index in [0.717, 1.165) is 28.3 Å². The number of benzene rings is 6. The third-order valence-electron chi connectivity index (χ3n) is 11.2. The molecule has 234 valence electrons. The van der Waals surface area contributed by atoms with Crippen molar-refractivity contribution in [1.29, 1.82) is 0 Å². The summed E-state index contributed by atoms with van der Waals surface area (Å²) in [5.41, 5.74) is 14.7. The number of hydrogen-bond acceptors (Lipinski definition) is 2. The van der Waals surface area contributed by atoms with Gasteiger partial charge in [-0.1, -0.05) is 148 Å². The number of fused-ring (bicyclic) bond motifs is 10. The molecule has 8 aromatic rings. The molecule has 1 aliphatic carbocycles. The summed E-state index contributed by atoms with van der Waals surface area (Å²) in [6.07, 6.45) is 0. The van der Waals surface area contributed by atoms with Crippen molar-refractivity contribution in [2.45, 2.75) is 32.4 Å². The molecule has 49 heavy (non-hydrogen) atoms. The maximum absolute atomic E-state index is 5.34. The van der Waals surface area contributed by atoms with Gasteiger partial charge in [-0.05, 0) is 50.8 Å². The highest BCUT2D eigenvalue weighted by molar-refractivity contribution is 7.04. The Balaban J connectivity index is 1.26. The Kier molecular flexibility index (Phi) is 5.79. The van der Waals surface area contributed by atoms with Crippen LogP contribution in [0.5, 0.6) is 0 Å². The van der Waals surface area contributed by atoms with Gasteiger partial charge in [0, 0.05) is 38.6 Å². The van der Waals surface area contributed by atoms with Crippen molar-refractivity contribution in [2.24, 2.45) is 0 Å². The third-order valence-corrected chi connectivity index (χ3v) is 14.7. The number of hydrogen-bond donors (Lipinski definition) is 0. The molecule has 0 saturated carbocycles. The third kappa shape index (κ3) is 3.83. The van der Waals surface area contributed by atoms with Crippen molar-refractivity contribution in [3.05, 3.63) is 151 Å². The molecule has 0 N–H and O–H groups in total. The van der Waals surface area contributed by atoms with E-state index in [0.29, 0.717) is 0 Å². The van der Waals surface area contributed by atoms with Crippen LogP contribution in [-0.4, -0.2) is 22.6 Å². The van der Waals surface area contributed by atoms with E-state index in [2.05, 4.69) is 165 Å². The first-order valence-corrected chi connectivity index (χ1v) is 20.2. The lowest BCUT2D eigenvalue weighted by Crippen LogP contribution is -2.50. The van der Waals surface area contributed by atoms with Crippen LogP contribution in [0.2, 0.25) is 13.1 Å². The molecule has 0 fully saturated rings. The normalized spacial score (nSPS) is 14.9. The fraction of sp³-hybridized carbons (Fsp3) is 0.111. The molecule has 6 aromatic carbocycles.